The maximum Gasteiger partial charge on any atom is 0.326 e. The number of phenolic OH excluding ortho intramolecular Hbond substituents is 1. The van der Waals surface area contributed by atoms with Gasteiger partial charge in [-0.3, -0.25) is 72.7 Å². The molecule has 11 amide bonds. The zero-order valence-electron chi connectivity index (χ0n) is 58.6. The summed E-state index contributed by atoms with van der Waals surface area (Å²) in [6.07, 6.45) is 2.11. The molecular weight excluding hydrogens is 1370 g/mol. The molecule has 31 N–H and O–H groups in total. The molecule has 1 aliphatic rings. The number of rotatable bonds is 41. The van der Waals surface area contributed by atoms with Crippen molar-refractivity contribution in [3.63, 3.8) is 0 Å². The summed E-state index contributed by atoms with van der Waals surface area (Å²) in [5.74, 6) is -11.2. The normalized spacial score (nSPS) is 18.4. The molecule has 1 unspecified atom stereocenters. The first kappa shape index (κ1) is 88.5. The van der Waals surface area contributed by atoms with Crippen molar-refractivity contribution >= 4 is 116 Å². The monoisotopic (exact) mass is 1480 g/mol. The van der Waals surface area contributed by atoms with Crippen LogP contribution < -0.4 is 110 Å². The Bertz CT molecular complexity index is 3040. The number of guanidine groups is 4. The molecule has 11 atom stereocenters. The number of nitrogens with two attached hydrogens (primary N) is 9. The standard InChI is InChI=1S/C62H108N24O14S2/c1-6-34(4)48-57(98)78-35(5)49(90)84-43(28-33(2)3)54(95)85-45(55(96)83-42(58(99)100)17-13-27-76-62(70)71)32-102-101-31-44(56(97)86-48)80-46(88)18-8-7-9-23-72-51(92)39(14-10-24-73-59(64)65)79-47(89)30-77-52(93)40(15-11-25-74-60(66)67)82-53(94)41(16-12-26-75-61(68)69)81-50(91)38(63)29-36-19-21-37(87)22-20-36/h19-22,33-35,38-45,48,87H,6-18,23-32,63H2,1-5H3,(H,72,92)(H,77,93)(H,78,98)(H,79,89)(H,80,88)(H,81,91)(H,82,94)(H,83,96)(H,84,90)(H,85,95)(H,86,97)(H,99,100)(H4,64,65,73)(H4,66,67,74)(H4,68,69,75)(H4,70,71,76)/t34?,35-,38-,39-,40-,41-,42-,43-,44-,45-,48-/m0/s1. The topological polar surface area (TPSA) is 661 Å². The Morgan fingerprint density at radius 1 is 0.569 bits per heavy atom. The lowest BCUT2D eigenvalue weighted by molar-refractivity contribution is -0.142. The van der Waals surface area contributed by atoms with Gasteiger partial charge in [-0.15, -0.1) is 0 Å². The van der Waals surface area contributed by atoms with E-state index in [0.717, 1.165) is 21.6 Å². The van der Waals surface area contributed by atoms with Crippen molar-refractivity contribution in [2.75, 3.05) is 50.8 Å². The molecule has 0 spiro atoms. The van der Waals surface area contributed by atoms with Crippen LogP contribution in [0.2, 0.25) is 0 Å². The first-order chi connectivity index (χ1) is 48.2. The van der Waals surface area contributed by atoms with Gasteiger partial charge < -0.3 is 120 Å². The third kappa shape index (κ3) is 37.2. The lowest BCUT2D eigenvalue weighted by atomic mass is 9.97. The minimum absolute atomic E-state index is 0.00126. The summed E-state index contributed by atoms with van der Waals surface area (Å²) < 4.78 is 0. The van der Waals surface area contributed by atoms with Crippen LogP contribution in [0.5, 0.6) is 5.75 Å². The Morgan fingerprint density at radius 2 is 1.08 bits per heavy atom. The predicted molar refractivity (Wildman–Crippen MR) is 388 cm³/mol. The molecule has 1 aromatic carbocycles. The van der Waals surface area contributed by atoms with E-state index >= 15 is 0 Å². The fourth-order valence-corrected chi connectivity index (χ4v) is 12.1. The van der Waals surface area contributed by atoms with Crippen LogP contribution in [0.25, 0.3) is 0 Å². The summed E-state index contributed by atoms with van der Waals surface area (Å²) >= 11 is 0. The van der Waals surface area contributed by atoms with Crippen molar-refractivity contribution in [1.82, 2.24) is 58.5 Å². The molecule has 0 aliphatic carbocycles. The number of carbonyl (C=O) groups is 12. The predicted octanol–water partition coefficient (Wildman–Crippen LogP) is -5.78. The minimum atomic E-state index is -1.42. The van der Waals surface area contributed by atoms with Gasteiger partial charge in [0.2, 0.25) is 65.0 Å². The fourth-order valence-electron chi connectivity index (χ4n) is 9.80. The molecular formula is C62H108N24O14S2. The Balaban J connectivity index is 2.27. The van der Waals surface area contributed by atoms with Gasteiger partial charge in [0.15, 0.2) is 23.8 Å². The van der Waals surface area contributed by atoms with Crippen LogP contribution >= 0.6 is 21.6 Å². The first-order valence-electron chi connectivity index (χ1n) is 33.7. The molecule has 0 bridgehead atoms. The van der Waals surface area contributed by atoms with Gasteiger partial charge in [0.25, 0.3) is 0 Å². The van der Waals surface area contributed by atoms with Crippen LogP contribution in [-0.4, -0.2) is 216 Å². The number of carboxylic acid groups (broad SMARTS) is 1. The average Bonchev–Trinajstić information content (AvgIpc) is 0.931. The molecule has 2 rings (SSSR count). The van der Waals surface area contributed by atoms with E-state index in [9.17, 15) is 67.7 Å². The Hall–Kier alpha value is -9.60. The van der Waals surface area contributed by atoms with E-state index in [0.29, 0.717) is 24.8 Å². The zero-order chi connectivity index (χ0) is 76.4. The number of nitrogens with zero attached hydrogens (tertiary/aromatic N) is 4. The zero-order valence-corrected chi connectivity index (χ0v) is 60.2. The van der Waals surface area contributed by atoms with Crippen molar-refractivity contribution in [2.24, 2.45) is 83.4 Å². The molecule has 0 aromatic heterocycles. The number of carbonyl (C=O) groups excluding carboxylic acids is 11. The van der Waals surface area contributed by atoms with Crippen LogP contribution in [0.4, 0.5) is 0 Å². The molecule has 102 heavy (non-hydrogen) atoms. The first-order valence-corrected chi connectivity index (χ1v) is 36.2. The summed E-state index contributed by atoms with van der Waals surface area (Å²) in [6, 6.07) is -6.54. The van der Waals surface area contributed by atoms with Crippen molar-refractivity contribution in [3.05, 3.63) is 29.8 Å². The number of carboxylic acids is 1. The highest BCUT2D eigenvalue weighted by Gasteiger charge is 2.36. The summed E-state index contributed by atoms with van der Waals surface area (Å²) in [5, 5.41) is 48.7. The van der Waals surface area contributed by atoms with E-state index in [2.05, 4.69) is 78.5 Å². The molecule has 38 nitrogen and oxygen atoms in total. The number of hydrogen-bond donors (Lipinski definition) is 22. The van der Waals surface area contributed by atoms with Crippen LogP contribution in [0.1, 0.15) is 130 Å². The van der Waals surface area contributed by atoms with E-state index < -0.39 is 144 Å². The summed E-state index contributed by atoms with van der Waals surface area (Å²) in [5.41, 5.74) is 50.6. The fraction of sp³-hybridized carbons (Fsp3) is 0.645. The third-order valence-corrected chi connectivity index (χ3v) is 18.0. The van der Waals surface area contributed by atoms with Crippen molar-refractivity contribution < 1.29 is 67.7 Å². The van der Waals surface area contributed by atoms with E-state index in [1.165, 1.54) is 19.1 Å². The SMILES string of the molecule is CCC(C)[C@@H]1NC(=O)[C@@H](NC(=O)CCCCCNC(=O)[C@H](CCCN=C(N)N)NC(=O)CNC(=O)[C@H](CCCN=C(N)N)NC(=O)[C@H](CCCN=C(N)N)NC(=O)[C@@H](N)Cc2ccc(O)cc2)CSSC[C@@H](C(=O)N[C@@H](CCCN=C(N)N)C(=O)O)NC(=O)[C@H](CC(C)C)NC(=O)[C@H](C)NC1=O. The van der Waals surface area contributed by atoms with Crippen LogP contribution in [0.15, 0.2) is 44.2 Å². The van der Waals surface area contributed by atoms with E-state index in [1.54, 1.807) is 26.0 Å². The highest BCUT2D eigenvalue weighted by molar-refractivity contribution is 8.76. The second-order valence-electron chi connectivity index (χ2n) is 24.8. The summed E-state index contributed by atoms with van der Waals surface area (Å²) in [7, 11) is 2.07. The molecule has 1 fully saturated rings. The number of hydrogen-bond acceptors (Lipinski definition) is 20. The molecule has 1 aromatic rings. The van der Waals surface area contributed by atoms with Crippen molar-refractivity contribution in [3.8, 4) is 5.75 Å². The van der Waals surface area contributed by atoms with Gasteiger partial charge in [-0.2, -0.15) is 0 Å². The second kappa shape index (κ2) is 48.3. The van der Waals surface area contributed by atoms with Crippen molar-refractivity contribution in [1.29, 1.82) is 0 Å². The average molecular weight is 1480 g/mol. The van der Waals surface area contributed by atoms with E-state index in [4.69, 9.17) is 51.6 Å². The largest absolute Gasteiger partial charge is 0.508 e. The number of amides is 11. The van der Waals surface area contributed by atoms with Crippen LogP contribution in [-0.2, 0) is 64.0 Å². The molecule has 0 radical (unpaired) electrons. The Morgan fingerprint density at radius 3 is 1.61 bits per heavy atom. The summed E-state index contributed by atoms with van der Waals surface area (Å²) in [6.45, 7) is 8.23. The second-order valence-corrected chi connectivity index (χ2v) is 27.3. The van der Waals surface area contributed by atoms with Gasteiger partial charge in [-0.25, -0.2) is 4.79 Å². The maximum absolute atomic E-state index is 14.2. The smallest absolute Gasteiger partial charge is 0.326 e. The molecule has 1 aliphatic heterocycles. The lowest BCUT2D eigenvalue weighted by Crippen LogP contribution is -2.60. The number of phenols is 1. The van der Waals surface area contributed by atoms with Crippen molar-refractivity contribution in [2.45, 2.75) is 191 Å². The van der Waals surface area contributed by atoms with Crippen LogP contribution in [0.3, 0.4) is 0 Å². The minimum Gasteiger partial charge on any atom is -0.508 e. The number of unbranched alkanes of at least 4 members (excludes halogenated alkanes) is 2. The van der Waals surface area contributed by atoms with Gasteiger partial charge in [-0.05, 0) is 114 Å². The van der Waals surface area contributed by atoms with Gasteiger partial charge in [0, 0.05) is 50.7 Å². The quantitative estimate of drug-likeness (QED) is 0.0126. The van der Waals surface area contributed by atoms with Gasteiger partial charge in [0.05, 0.1) is 12.6 Å². The van der Waals surface area contributed by atoms with Gasteiger partial charge in [-0.1, -0.05) is 74.3 Å². The molecule has 1 saturated heterocycles. The molecule has 40 heteroatoms. The number of aliphatic carboxylic acids is 1. The number of benzene rings is 1. The van der Waals surface area contributed by atoms with E-state index in [1.807, 2.05) is 13.8 Å². The molecule has 572 valence electrons. The Labute approximate surface area is 601 Å². The number of aromatic hydroxyl groups is 1. The highest BCUT2D eigenvalue weighted by Crippen LogP contribution is 2.24. The molecule has 1 heterocycles. The number of aliphatic imine (C=N–C) groups is 4. The van der Waals surface area contributed by atoms with Gasteiger partial charge >= 0.3 is 5.97 Å². The Kier molecular flexibility index (Phi) is 41.9. The maximum atomic E-state index is 14.2. The number of nitrogens with one attached hydrogen (secondary N) is 11. The third-order valence-electron chi connectivity index (χ3n) is 15.6. The van der Waals surface area contributed by atoms with E-state index in [-0.39, 0.29) is 157 Å². The lowest BCUT2D eigenvalue weighted by Gasteiger charge is -2.28. The van der Waals surface area contributed by atoms with Crippen LogP contribution in [0, 0.1) is 11.8 Å². The molecule has 0 saturated carbocycles. The highest BCUT2D eigenvalue weighted by atomic mass is 33.1. The summed E-state index contributed by atoms with van der Waals surface area (Å²) in [4.78, 5) is 180. The van der Waals surface area contributed by atoms with Gasteiger partial charge in [0.1, 0.15) is 60.1 Å².